The molecule has 0 spiro atoms. The fourth-order valence-electron chi connectivity index (χ4n) is 3.84. The van der Waals surface area contributed by atoms with Crippen molar-refractivity contribution < 1.29 is 9.47 Å². The van der Waals surface area contributed by atoms with E-state index in [4.69, 9.17) is 14.5 Å². The molecule has 27 heavy (non-hydrogen) atoms. The van der Waals surface area contributed by atoms with Gasteiger partial charge in [0, 0.05) is 57.7 Å². The standard InChI is InChI=1S/C20H35N5O2/c1-3-22-20(23-7-4-11-26-14-18-6-12-27-15-18)24-9-5-17(2)19(13-24)25-10-8-21-16-25/h8,10,16-19H,3-7,9,11-15H2,1-2H3,(H,22,23). The Balaban J connectivity index is 1.46. The van der Waals surface area contributed by atoms with Crippen LogP contribution in [0.15, 0.2) is 23.7 Å². The summed E-state index contributed by atoms with van der Waals surface area (Å²) in [6, 6.07) is 0.446. The van der Waals surface area contributed by atoms with E-state index in [0.717, 1.165) is 71.4 Å². The zero-order valence-corrected chi connectivity index (χ0v) is 16.8. The van der Waals surface area contributed by atoms with Gasteiger partial charge in [0.25, 0.3) is 0 Å². The first-order valence-electron chi connectivity index (χ1n) is 10.4. The van der Waals surface area contributed by atoms with Crippen LogP contribution in [0.5, 0.6) is 0 Å². The van der Waals surface area contributed by atoms with Crippen LogP contribution in [0.25, 0.3) is 0 Å². The number of hydrogen-bond donors (Lipinski definition) is 1. The van der Waals surface area contributed by atoms with E-state index >= 15 is 0 Å². The summed E-state index contributed by atoms with van der Waals surface area (Å²) in [7, 11) is 0. The highest BCUT2D eigenvalue weighted by Crippen LogP contribution is 2.27. The third kappa shape index (κ3) is 5.94. The van der Waals surface area contributed by atoms with E-state index in [1.54, 1.807) is 0 Å². The molecule has 0 saturated carbocycles. The second-order valence-electron chi connectivity index (χ2n) is 7.68. The smallest absolute Gasteiger partial charge is 0.193 e. The molecule has 2 aliphatic rings. The minimum absolute atomic E-state index is 0.446. The Bertz CT molecular complexity index is 557. The fraction of sp³-hybridized carbons (Fsp3) is 0.800. The van der Waals surface area contributed by atoms with Crippen molar-refractivity contribution in [3.63, 3.8) is 0 Å². The zero-order chi connectivity index (χ0) is 18.9. The Hall–Kier alpha value is -1.60. The molecule has 0 radical (unpaired) electrons. The van der Waals surface area contributed by atoms with Gasteiger partial charge in [0.05, 0.1) is 25.6 Å². The lowest BCUT2D eigenvalue weighted by Crippen LogP contribution is -2.49. The molecule has 3 unspecified atom stereocenters. The molecular formula is C20H35N5O2. The largest absolute Gasteiger partial charge is 0.381 e. The Labute approximate surface area is 163 Å². The third-order valence-electron chi connectivity index (χ3n) is 5.55. The van der Waals surface area contributed by atoms with Gasteiger partial charge in [0.15, 0.2) is 5.96 Å². The molecule has 152 valence electrons. The molecule has 2 saturated heterocycles. The van der Waals surface area contributed by atoms with E-state index in [9.17, 15) is 0 Å². The zero-order valence-electron chi connectivity index (χ0n) is 16.8. The molecule has 1 aromatic rings. The van der Waals surface area contributed by atoms with E-state index in [1.165, 1.54) is 6.42 Å². The van der Waals surface area contributed by atoms with Crippen LogP contribution in [0, 0.1) is 11.8 Å². The average Bonchev–Trinajstić information content (AvgIpc) is 3.38. The third-order valence-corrected chi connectivity index (χ3v) is 5.55. The summed E-state index contributed by atoms with van der Waals surface area (Å²) in [6.45, 7) is 11.5. The molecule has 2 fully saturated rings. The van der Waals surface area contributed by atoms with Gasteiger partial charge in [-0.3, -0.25) is 4.99 Å². The van der Waals surface area contributed by atoms with Gasteiger partial charge in [-0.2, -0.15) is 0 Å². The number of piperidine rings is 1. The first-order valence-corrected chi connectivity index (χ1v) is 10.4. The topological polar surface area (TPSA) is 63.9 Å². The number of aliphatic imine (C=N–C) groups is 1. The summed E-state index contributed by atoms with van der Waals surface area (Å²) in [4.78, 5) is 11.5. The van der Waals surface area contributed by atoms with Crippen molar-refractivity contribution in [2.45, 2.75) is 39.2 Å². The van der Waals surface area contributed by atoms with E-state index < -0.39 is 0 Å². The van der Waals surface area contributed by atoms with Crippen molar-refractivity contribution in [1.82, 2.24) is 19.8 Å². The highest BCUT2D eigenvalue weighted by Gasteiger charge is 2.28. The lowest BCUT2D eigenvalue weighted by molar-refractivity contribution is 0.0892. The van der Waals surface area contributed by atoms with Crippen LogP contribution >= 0.6 is 0 Å². The minimum atomic E-state index is 0.446. The van der Waals surface area contributed by atoms with Crippen LogP contribution in [0.2, 0.25) is 0 Å². The van der Waals surface area contributed by atoms with Gasteiger partial charge in [0.2, 0.25) is 0 Å². The summed E-state index contributed by atoms with van der Waals surface area (Å²) in [5.74, 6) is 2.26. The molecule has 3 heterocycles. The Morgan fingerprint density at radius 3 is 3.07 bits per heavy atom. The predicted molar refractivity (Wildman–Crippen MR) is 107 cm³/mol. The summed E-state index contributed by atoms with van der Waals surface area (Å²) in [6.07, 6.45) is 9.12. The Morgan fingerprint density at radius 2 is 2.33 bits per heavy atom. The highest BCUT2D eigenvalue weighted by atomic mass is 16.5. The molecule has 3 rings (SSSR count). The van der Waals surface area contributed by atoms with Gasteiger partial charge in [-0.25, -0.2) is 4.98 Å². The van der Waals surface area contributed by atoms with Gasteiger partial charge in [-0.15, -0.1) is 0 Å². The second-order valence-corrected chi connectivity index (χ2v) is 7.68. The number of imidazole rings is 1. The van der Waals surface area contributed by atoms with Crippen LogP contribution in [0.4, 0.5) is 0 Å². The molecule has 0 bridgehead atoms. The minimum Gasteiger partial charge on any atom is -0.381 e. The molecule has 7 heteroatoms. The van der Waals surface area contributed by atoms with Crippen molar-refractivity contribution in [2.24, 2.45) is 16.8 Å². The molecule has 0 aliphatic carbocycles. The van der Waals surface area contributed by atoms with Gasteiger partial charge in [0.1, 0.15) is 0 Å². The van der Waals surface area contributed by atoms with Crippen molar-refractivity contribution in [3.05, 3.63) is 18.7 Å². The maximum atomic E-state index is 5.79. The monoisotopic (exact) mass is 377 g/mol. The van der Waals surface area contributed by atoms with E-state index in [1.807, 2.05) is 12.5 Å². The summed E-state index contributed by atoms with van der Waals surface area (Å²) < 4.78 is 13.4. The average molecular weight is 378 g/mol. The van der Waals surface area contributed by atoms with Crippen LogP contribution in [0.3, 0.4) is 0 Å². The molecule has 2 aliphatic heterocycles. The number of likely N-dealkylation sites (tertiary alicyclic amines) is 1. The van der Waals surface area contributed by atoms with Crippen molar-refractivity contribution in [2.75, 3.05) is 52.6 Å². The molecule has 3 atom stereocenters. The number of nitrogens with zero attached hydrogens (tertiary/aromatic N) is 4. The van der Waals surface area contributed by atoms with Crippen molar-refractivity contribution >= 4 is 5.96 Å². The molecule has 7 nitrogen and oxygen atoms in total. The van der Waals surface area contributed by atoms with Gasteiger partial charge < -0.3 is 24.3 Å². The maximum Gasteiger partial charge on any atom is 0.193 e. The first kappa shape index (κ1) is 20.1. The lowest BCUT2D eigenvalue weighted by atomic mass is 9.93. The number of rotatable bonds is 8. The molecular weight excluding hydrogens is 342 g/mol. The van der Waals surface area contributed by atoms with E-state index in [-0.39, 0.29) is 0 Å². The highest BCUT2D eigenvalue weighted by molar-refractivity contribution is 5.80. The quantitative estimate of drug-likeness (QED) is 0.427. The Morgan fingerprint density at radius 1 is 1.41 bits per heavy atom. The van der Waals surface area contributed by atoms with Crippen LogP contribution in [-0.2, 0) is 9.47 Å². The van der Waals surface area contributed by atoms with Crippen LogP contribution in [0.1, 0.15) is 39.2 Å². The second kappa shape index (κ2) is 10.7. The summed E-state index contributed by atoms with van der Waals surface area (Å²) >= 11 is 0. The molecule has 1 N–H and O–H groups in total. The maximum absolute atomic E-state index is 5.79. The molecule has 0 amide bonds. The molecule has 1 aromatic heterocycles. The molecule has 0 aromatic carbocycles. The van der Waals surface area contributed by atoms with Gasteiger partial charge in [-0.05, 0) is 32.1 Å². The number of ether oxygens (including phenoxy) is 2. The number of guanidine groups is 1. The normalized spacial score (nSPS) is 26.5. The van der Waals surface area contributed by atoms with Crippen LogP contribution in [-0.4, -0.2) is 73.0 Å². The summed E-state index contributed by atoms with van der Waals surface area (Å²) in [5.41, 5.74) is 0. The van der Waals surface area contributed by atoms with Crippen LogP contribution < -0.4 is 5.32 Å². The Kier molecular flexibility index (Phi) is 7.95. The van der Waals surface area contributed by atoms with E-state index in [2.05, 4.69) is 39.8 Å². The van der Waals surface area contributed by atoms with Gasteiger partial charge in [-0.1, -0.05) is 6.92 Å². The van der Waals surface area contributed by atoms with E-state index in [0.29, 0.717) is 17.9 Å². The van der Waals surface area contributed by atoms with Crippen molar-refractivity contribution in [1.29, 1.82) is 0 Å². The summed E-state index contributed by atoms with van der Waals surface area (Å²) in [5, 5.41) is 3.46. The van der Waals surface area contributed by atoms with Gasteiger partial charge >= 0.3 is 0 Å². The lowest BCUT2D eigenvalue weighted by Gasteiger charge is -2.39. The number of hydrogen-bond acceptors (Lipinski definition) is 4. The fourth-order valence-corrected chi connectivity index (χ4v) is 3.84. The SMILES string of the molecule is CCNC(=NCCCOCC1CCOC1)N1CCC(C)C(n2ccnc2)C1. The predicted octanol–water partition coefficient (Wildman–Crippen LogP) is 2.17. The van der Waals surface area contributed by atoms with Crippen molar-refractivity contribution in [3.8, 4) is 0 Å². The first-order chi connectivity index (χ1) is 13.3. The number of nitrogens with one attached hydrogen (secondary N) is 1. The number of aromatic nitrogens is 2.